The minimum Gasteiger partial charge on any atom is -0.452 e. The van der Waals surface area contributed by atoms with Crippen LogP contribution in [0.1, 0.15) is 38.9 Å². The number of hydrazine groups is 1. The fourth-order valence-corrected chi connectivity index (χ4v) is 4.87. The molecule has 1 saturated heterocycles. The van der Waals surface area contributed by atoms with E-state index in [1.165, 1.54) is 0 Å². The summed E-state index contributed by atoms with van der Waals surface area (Å²) in [5, 5.41) is 4.76. The van der Waals surface area contributed by atoms with Crippen LogP contribution in [0, 0.1) is 0 Å². The number of hydrogen-bond acceptors (Lipinski definition) is 5. The van der Waals surface area contributed by atoms with Crippen LogP contribution in [-0.2, 0) is 16.6 Å². The van der Waals surface area contributed by atoms with E-state index in [0.29, 0.717) is 12.3 Å². The van der Waals surface area contributed by atoms with Gasteiger partial charge in [-0.25, -0.2) is 13.4 Å². The molecule has 2 N–H and O–H groups in total. The summed E-state index contributed by atoms with van der Waals surface area (Å²) in [7, 11) is -1.87. The molecule has 1 aliphatic heterocycles. The number of piperidine rings is 1. The Bertz CT molecular complexity index is 577. The fourth-order valence-electron chi connectivity index (χ4n) is 2.63. The van der Waals surface area contributed by atoms with Gasteiger partial charge in [-0.2, -0.15) is 0 Å². The van der Waals surface area contributed by atoms with Crippen LogP contribution < -0.4 is 10.1 Å². The number of hydrogen-bond donors (Lipinski definition) is 2. The molecule has 0 spiro atoms. The summed E-state index contributed by atoms with van der Waals surface area (Å²) in [4.78, 5) is 2.84. The lowest BCUT2D eigenvalue weighted by Crippen LogP contribution is -2.53. The zero-order valence-electron chi connectivity index (χ0n) is 12.5. The summed E-state index contributed by atoms with van der Waals surface area (Å²) in [6.45, 7) is 4.55. The summed E-state index contributed by atoms with van der Waals surface area (Å²) < 4.78 is 30.8. The van der Waals surface area contributed by atoms with E-state index in [4.69, 9.17) is 4.42 Å². The molecule has 1 aliphatic rings. The molecule has 0 amide bonds. The molecular weight excluding hydrogens is 358 g/mol. The number of furan rings is 1. The Balaban J connectivity index is 2.21. The van der Waals surface area contributed by atoms with Crippen molar-refractivity contribution in [1.29, 1.82) is 0 Å². The van der Waals surface area contributed by atoms with Crippen molar-refractivity contribution < 1.29 is 12.8 Å². The van der Waals surface area contributed by atoms with E-state index in [2.05, 4.69) is 26.1 Å². The van der Waals surface area contributed by atoms with Crippen LogP contribution in [0.25, 0.3) is 0 Å². The molecule has 1 aromatic rings. The molecule has 0 aliphatic carbocycles. The van der Waals surface area contributed by atoms with Crippen molar-refractivity contribution in [2.75, 3.05) is 7.05 Å². The number of nitrogens with one attached hydrogen (secondary N) is 2. The number of sulfonamides is 1. The van der Waals surface area contributed by atoms with E-state index in [-0.39, 0.29) is 21.6 Å². The Morgan fingerprint density at radius 2 is 2.00 bits per heavy atom. The normalized spacial score (nSPS) is 24.4. The third-order valence-electron chi connectivity index (χ3n) is 3.77. The Morgan fingerprint density at radius 3 is 2.57 bits per heavy atom. The van der Waals surface area contributed by atoms with Gasteiger partial charge in [0.25, 0.3) is 10.0 Å². The third kappa shape index (κ3) is 3.87. The van der Waals surface area contributed by atoms with Crippen LogP contribution in [0.4, 0.5) is 0 Å². The predicted octanol–water partition coefficient (Wildman–Crippen LogP) is 2.22. The molecule has 0 radical (unpaired) electrons. The molecule has 21 heavy (non-hydrogen) atoms. The quantitative estimate of drug-likeness (QED) is 0.820. The van der Waals surface area contributed by atoms with E-state index in [1.54, 1.807) is 13.1 Å². The highest BCUT2D eigenvalue weighted by atomic mass is 79.9. The lowest BCUT2D eigenvalue weighted by molar-refractivity contribution is 0.0790. The highest BCUT2D eigenvalue weighted by molar-refractivity contribution is 9.10. The molecule has 2 heterocycles. The lowest BCUT2D eigenvalue weighted by atomic mass is 10.0. The van der Waals surface area contributed by atoms with Gasteiger partial charge in [0, 0.05) is 18.2 Å². The summed E-state index contributed by atoms with van der Waals surface area (Å²) in [5.41, 5.74) is 0. The predicted molar refractivity (Wildman–Crippen MR) is 84.1 cm³/mol. The fraction of sp³-hybridized carbons (Fsp3) is 0.692. The van der Waals surface area contributed by atoms with Gasteiger partial charge in [-0.15, -0.1) is 4.83 Å². The van der Waals surface area contributed by atoms with Crippen LogP contribution >= 0.6 is 15.9 Å². The number of halogens is 1. The highest BCUT2D eigenvalue weighted by Crippen LogP contribution is 2.28. The van der Waals surface area contributed by atoms with Crippen LogP contribution in [0.3, 0.4) is 0 Å². The molecule has 2 unspecified atom stereocenters. The van der Waals surface area contributed by atoms with E-state index in [1.807, 2.05) is 18.9 Å². The second kappa shape index (κ2) is 6.78. The zero-order valence-corrected chi connectivity index (χ0v) is 14.9. The Kier molecular flexibility index (Phi) is 5.48. The zero-order chi connectivity index (χ0) is 15.6. The summed E-state index contributed by atoms with van der Waals surface area (Å²) in [6, 6.07) is 1.92. The van der Waals surface area contributed by atoms with Gasteiger partial charge in [-0.3, -0.25) is 0 Å². The number of nitrogens with zero attached hydrogens (tertiary/aromatic N) is 1. The number of rotatable bonds is 5. The monoisotopic (exact) mass is 379 g/mol. The van der Waals surface area contributed by atoms with Gasteiger partial charge in [0.1, 0.15) is 10.7 Å². The van der Waals surface area contributed by atoms with Gasteiger partial charge < -0.3 is 9.73 Å². The Labute approximate surface area is 134 Å². The van der Waals surface area contributed by atoms with E-state index >= 15 is 0 Å². The van der Waals surface area contributed by atoms with E-state index in [0.717, 1.165) is 19.3 Å². The molecule has 1 aromatic heterocycles. The molecule has 0 aromatic carbocycles. The van der Waals surface area contributed by atoms with Crippen LogP contribution in [-0.4, -0.2) is 32.6 Å². The second-order valence-electron chi connectivity index (χ2n) is 5.51. The largest absolute Gasteiger partial charge is 0.452 e. The molecule has 120 valence electrons. The molecule has 0 bridgehead atoms. The third-order valence-corrected chi connectivity index (χ3v) is 5.95. The first-order chi connectivity index (χ1) is 9.85. The Hall–Kier alpha value is -0.410. The first-order valence-corrected chi connectivity index (χ1v) is 9.36. The molecule has 2 rings (SSSR count). The van der Waals surface area contributed by atoms with Gasteiger partial charge in [0.05, 0.1) is 6.54 Å². The van der Waals surface area contributed by atoms with Crippen molar-refractivity contribution in [3.8, 4) is 0 Å². The van der Waals surface area contributed by atoms with E-state index in [9.17, 15) is 8.42 Å². The van der Waals surface area contributed by atoms with Gasteiger partial charge in [-0.1, -0.05) is 6.42 Å². The summed E-state index contributed by atoms with van der Waals surface area (Å²) >= 11 is 3.19. The maximum atomic E-state index is 12.6. The van der Waals surface area contributed by atoms with E-state index < -0.39 is 10.0 Å². The average Bonchev–Trinajstić information content (AvgIpc) is 2.76. The van der Waals surface area contributed by atoms with Crippen LogP contribution in [0.5, 0.6) is 0 Å². The van der Waals surface area contributed by atoms with Gasteiger partial charge in [0.2, 0.25) is 0 Å². The van der Waals surface area contributed by atoms with Crippen molar-refractivity contribution >= 4 is 26.0 Å². The van der Waals surface area contributed by atoms with Gasteiger partial charge in [-0.05, 0) is 49.7 Å². The molecule has 1 fully saturated rings. The summed E-state index contributed by atoms with van der Waals surface area (Å²) in [6.07, 6.45) is 3.11. The van der Waals surface area contributed by atoms with Crippen molar-refractivity contribution in [2.24, 2.45) is 0 Å². The lowest BCUT2D eigenvalue weighted by Gasteiger charge is -2.38. The summed E-state index contributed by atoms with van der Waals surface area (Å²) in [5.74, 6) is 0.574. The smallest absolute Gasteiger partial charge is 0.257 e. The van der Waals surface area contributed by atoms with Gasteiger partial charge in [0.15, 0.2) is 4.67 Å². The molecule has 0 saturated carbocycles. The minimum atomic E-state index is -3.65. The minimum absolute atomic E-state index is 0.137. The maximum absolute atomic E-state index is 12.6. The maximum Gasteiger partial charge on any atom is 0.257 e. The SMILES string of the molecule is CNCc1cc(S(=O)(=O)NN2C(C)CCCC2C)c(Br)o1. The topological polar surface area (TPSA) is 74.6 Å². The first-order valence-electron chi connectivity index (χ1n) is 7.08. The van der Waals surface area contributed by atoms with Crippen molar-refractivity contribution in [3.63, 3.8) is 0 Å². The van der Waals surface area contributed by atoms with Crippen molar-refractivity contribution in [2.45, 2.75) is 56.6 Å². The van der Waals surface area contributed by atoms with Crippen molar-refractivity contribution in [3.05, 3.63) is 16.5 Å². The Morgan fingerprint density at radius 1 is 1.38 bits per heavy atom. The average molecular weight is 380 g/mol. The standard InChI is InChI=1S/C13H22BrN3O3S/c1-9-5-4-6-10(2)17(9)16-21(18,19)12-7-11(8-15-3)20-13(12)14/h7,9-10,15-16H,4-6,8H2,1-3H3. The first kappa shape index (κ1) is 17.0. The van der Waals surface area contributed by atoms with Gasteiger partial charge >= 0.3 is 0 Å². The molecule has 8 heteroatoms. The highest BCUT2D eigenvalue weighted by Gasteiger charge is 2.31. The van der Waals surface area contributed by atoms with Crippen LogP contribution in [0.2, 0.25) is 0 Å². The van der Waals surface area contributed by atoms with Crippen molar-refractivity contribution in [1.82, 2.24) is 15.2 Å². The van der Waals surface area contributed by atoms with Crippen LogP contribution in [0.15, 0.2) is 20.0 Å². The second-order valence-corrected chi connectivity index (χ2v) is 7.86. The molecule has 2 atom stereocenters. The molecule has 6 nitrogen and oxygen atoms in total. The molecular formula is C13H22BrN3O3S.